The van der Waals surface area contributed by atoms with Crippen LogP contribution in [0.5, 0.6) is 0 Å². The summed E-state index contributed by atoms with van der Waals surface area (Å²) in [5.74, 6) is 4.24. The number of rotatable bonds is 1. The number of benzene rings is 1. The molecule has 100 valence electrons. The third-order valence-corrected chi connectivity index (χ3v) is 7.54. The standard InChI is InChI=1S/C19H24/c1-12-3-5-15(6-4-12)18-9-14-7-13(2)16-10-19(18,11-18)17(16)8-14/h3-6,13-14,16-17H,7-11H2,1-2H3. The molecule has 4 aliphatic carbocycles. The molecule has 1 aromatic rings. The highest BCUT2D eigenvalue weighted by Gasteiger charge is 2.80. The van der Waals surface area contributed by atoms with Crippen LogP contribution in [0.1, 0.15) is 50.2 Å². The fourth-order valence-corrected chi connectivity index (χ4v) is 6.68. The topological polar surface area (TPSA) is 0 Å². The summed E-state index contributed by atoms with van der Waals surface area (Å²) in [6.07, 6.45) is 7.67. The highest BCUT2D eigenvalue weighted by molar-refractivity contribution is 5.44. The molecule has 19 heavy (non-hydrogen) atoms. The van der Waals surface area contributed by atoms with E-state index in [1.807, 2.05) is 0 Å². The van der Waals surface area contributed by atoms with Gasteiger partial charge in [-0.1, -0.05) is 36.8 Å². The van der Waals surface area contributed by atoms with Crippen LogP contribution in [0.15, 0.2) is 24.3 Å². The molecular formula is C19H24. The van der Waals surface area contributed by atoms with E-state index < -0.39 is 0 Å². The molecule has 0 aliphatic heterocycles. The highest BCUT2D eigenvalue weighted by Crippen LogP contribution is 2.85. The van der Waals surface area contributed by atoms with E-state index in [4.69, 9.17) is 0 Å². The fraction of sp³-hybridized carbons (Fsp3) is 0.684. The maximum absolute atomic E-state index is 2.53. The van der Waals surface area contributed by atoms with E-state index >= 15 is 0 Å². The van der Waals surface area contributed by atoms with Crippen molar-refractivity contribution in [3.63, 3.8) is 0 Å². The molecular weight excluding hydrogens is 228 g/mol. The first kappa shape index (κ1) is 10.9. The van der Waals surface area contributed by atoms with Crippen molar-refractivity contribution < 1.29 is 0 Å². The Morgan fingerprint density at radius 3 is 2.63 bits per heavy atom. The second-order valence-corrected chi connectivity index (χ2v) is 8.27. The molecule has 0 amide bonds. The van der Waals surface area contributed by atoms with Gasteiger partial charge >= 0.3 is 0 Å². The largest absolute Gasteiger partial charge is 0.0622 e. The average Bonchev–Trinajstić information content (AvgIpc) is 3.03. The van der Waals surface area contributed by atoms with Gasteiger partial charge < -0.3 is 0 Å². The van der Waals surface area contributed by atoms with Crippen molar-refractivity contribution in [1.29, 1.82) is 0 Å². The molecule has 0 saturated heterocycles. The molecule has 0 aromatic heterocycles. The van der Waals surface area contributed by atoms with E-state index in [0.717, 1.165) is 29.1 Å². The summed E-state index contributed by atoms with van der Waals surface area (Å²) in [7, 11) is 0. The Bertz CT molecular complexity index is 542. The van der Waals surface area contributed by atoms with Gasteiger partial charge in [0.1, 0.15) is 0 Å². The summed E-state index contributed by atoms with van der Waals surface area (Å²) >= 11 is 0. The summed E-state index contributed by atoms with van der Waals surface area (Å²) in [5.41, 5.74) is 4.47. The van der Waals surface area contributed by atoms with Crippen molar-refractivity contribution in [1.82, 2.24) is 0 Å². The minimum absolute atomic E-state index is 0.616. The van der Waals surface area contributed by atoms with Crippen LogP contribution in [0.25, 0.3) is 0 Å². The summed E-state index contributed by atoms with van der Waals surface area (Å²) in [4.78, 5) is 0. The predicted molar refractivity (Wildman–Crippen MR) is 78.0 cm³/mol. The first-order valence-electron chi connectivity index (χ1n) is 8.22. The van der Waals surface area contributed by atoms with E-state index in [9.17, 15) is 0 Å². The smallest absolute Gasteiger partial charge is 0.00209 e. The number of fused-ring (bicyclic) bond motifs is 1. The van der Waals surface area contributed by atoms with Gasteiger partial charge in [-0.2, -0.15) is 0 Å². The minimum atomic E-state index is 0.616. The molecule has 0 nitrogen and oxygen atoms in total. The lowest BCUT2D eigenvalue weighted by Gasteiger charge is -2.60. The van der Waals surface area contributed by atoms with E-state index in [0.29, 0.717) is 5.41 Å². The molecule has 1 aromatic carbocycles. The zero-order valence-electron chi connectivity index (χ0n) is 12.2. The van der Waals surface area contributed by atoms with Gasteiger partial charge in [-0.15, -0.1) is 0 Å². The monoisotopic (exact) mass is 252 g/mol. The van der Waals surface area contributed by atoms with Crippen molar-refractivity contribution >= 4 is 0 Å². The van der Waals surface area contributed by atoms with Crippen molar-refractivity contribution in [2.75, 3.05) is 0 Å². The molecule has 0 heteroatoms. The van der Waals surface area contributed by atoms with Gasteiger partial charge in [0.2, 0.25) is 0 Å². The Balaban J connectivity index is 1.57. The first-order valence-corrected chi connectivity index (χ1v) is 8.22. The Hall–Kier alpha value is -0.780. The Kier molecular flexibility index (Phi) is 1.79. The van der Waals surface area contributed by atoms with Crippen LogP contribution in [0.4, 0.5) is 0 Å². The maximum Gasteiger partial charge on any atom is 0.00209 e. The molecule has 1 spiro atoms. The normalized spacial score (nSPS) is 53.2. The van der Waals surface area contributed by atoms with Gasteiger partial charge in [-0.25, -0.2) is 0 Å². The summed E-state index contributed by atoms with van der Waals surface area (Å²) in [5, 5.41) is 0. The third kappa shape index (κ3) is 1.10. The molecule has 4 aliphatic rings. The van der Waals surface area contributed by atoms with E-state index in [1.54, 1.807) is 18.4 Å². The zero-order valence-corrected chi connectivity index (χ0v) is 12.2. The van der Waals surface area contributed by atoms with Crippen LogP contribution in [0, 0.1) is 36.0 Å². The molecule has 5 rings (SSSR count). The molecule has 0 radical (unpaired) electrons. The number of hydrogen-bond acceptors (Lipinski definition) is 0. The summed E-state index contributed by atoms with van der Waals surface area (Å²) in [6, 6.07) is 9.56. The van der Waals surface area contributed by atoms with E-state index in [-0.39, 0.29) is 0 Å². The minimum Gasteiger partial charge on any atom is -0.0622 e. The lowest BCUT2D eigenvalue weighted by molar-refractivity contribution is -0.0954. The lowest BCUT2D eigenvalue weighted by Crippen LogP contribution is -2.54. The van der Waals surface area contributed by atoms with Crippen molar-refractivity contribution in [3.8, 4) is 0 Å². The Morgan fingerprint density at radius 2 is 1.84 bits per heavy atom. The SMILES string of the molecule is Cc1ccc(C23CC4CC(C)C5CC2(C3)C5C4)cc1. The van der Waals surface area contributed by atoms with Gasteiger partial charge in [-0.05, 0) is 73.7 Å². The second-order valence-electron chi connectivity index (χ2n) is 8.27. The summed E-state index contributed by atoms with van der Waals surface area (Å²) < 4.78 is 0. The molecule has 4 fully saturated rings. The second kappa shape index (κ2) is 3.10. The van der Waals surface area contributed by atoms with Crippen LogP contribution in [-0.2, 0) is 5.41 Å². The molecule has 4 saturated carbocycles. The quantitative estimate of drug-likeness (QED) is 0.679. The molecule has 0 heterocycles. The van der Waals surface area contributed by atoms with Crippen LogP contribution >= 0.6 is 0 Å². The Labute approximate surface area is 116 Å². The first-order chi connectivity index (χ1) is 9.15. The van der Waals surface area contributed by atoms with Gasteiger partial charge in [0, 0.05) is 5.41 Å². The van der Waals surface area contributed by atoms with Crippen LogP contribution < -0.4 is 0 Å². The Morgan fingerprint density at radius 1 is 1.05 bits per heavy atom. The van der Waals surface area contributed by atoms with Crippen molar-refractivity contribution in [3.05, 3.63) is 35.4 Å². The zero-order chi connectivity index (χ0) is 12.8. The van der Waals surface area contributed by atoms with Gasteiger partial charge in [-0.3, -0.25) is 0 Å². The van der Waals surface area contributed by atoms with Gasteiger partial charge in [0.25, 0.3) is 0 Å². The van der Waals surface area contributed by atoms with Crippen LogP contribution in [0.3, 0.4) is 0 Å². The van der Waals surface area contributed by atoms with E-state index in [2.05, 4.69) is 38.1 Å². The number of hydrogen-bond donors (Lipinski definition) is 0. The molecule has 0 N–H and O–H groups in total. The van der Waals surface area contributed by atoms with Gasteiger partial charge in [0.05, 0.1) is 0 Å². The summed E-state index contributed by atoms with van der Waals surface area (Å²) in [6.45, 7) is 4.73. The fourth-order valence-electron chi connectivity index (χ4n) is 6.68. The molecule has 6 atom stereocenters. The predicted octanol–water partition coefficient (Wildman–Crippen LogP) is 4.71. The van der Waals surface area contributed by atoms with Crippen molar-refractivity contribution in [2.24, 2.45) is 29.1 Å². The third-order valence-electron chi connectivity index (χ3n) is 7.54. The van der Waals surface area contributed by atoms with E-state index in [1.165, 1.54) is 24.8 Å². The van der Waals surface area contributed by atoms with Gasteiger partial charge in [0.15, 0.2) is 0 Å². The molecule has 2 bridgehead atoms. The maximum atomic E-state index is 2.53. The molecule has 6 unspecified atom stereocenters. The number of aryl methyl sites for hydroxylation is 1. The highest BCUT2D eigenvalue weighted by atomic mass is 14.8. The lowest BCUT2D eigenvalue weighted by atomic mass is 9.44. The van der Waals surface area contributed by atoms with Crippen molar-refractivity contribution in [2.45, 2.75) is 51.4 Å². The average molecular weight is 252 g/mol. The van der Waals surface area contributed by atoms with Crippen LogP contribution in [0.2, 0.25) is 0 Å². The van der Waals surface area contributed by atoms with Crippen LogP contribution in [-0.4, -0.2) is 0 Å².